The van der Waals surface area contributed by atoms with Gasteiger partial charge in [-0.05, 0) is 19.3 Å². The van der Waals surface area contributed by atoms with E-state index >= 15 is 0 Å². The number of morpholine rings is 2. The average molecular weight is 351 g/mol. The summed E-state index contributed by atoms with van der Waals surface area (Å²) in [6.07, 6.45) is 3.93. The van der Waals surface area contributed by atoms with Gasteiger partial charge in [0.25, 0.3) is 0 Å². The van der Waals surface area contributed by atoms with E-state index in [-0.39, 0.29) is 22.3 Å². The van der Waals surface area contributed by atoms with Gasteiger partial charge in [0.15, 0.2) is 0 Å². The first-order chi connectivity index (χ1) is 10.4. The molecule has 3 aliphatic heterocycles. The molecule has 0 amide bonds. The number of carbonyl (C=O) groups excluding carboxylic acids is 1. The summed E-state index contributed by atoms with van der Waals surface area (Å²) in [5, 5.41) is 0. The minimum absolute atomic E-state index is 0. The zero-order valence-electron chi connectivity index (χ0n) is 13.1. The summed E-state index contributed by atoms with van der Waals surface area (Å²) in [6, 6.07) is 0. The van der Waals surface area contributed by atoms with Crippen molar-refractivity contribution < 1.29 is 19.0 Å². The molecule has 6 heteroatoms. The van der Waals surface area contributed by atoms with Crippen molar-refractivity contribution in [3.8, 4) is 0 Å². The standard InChI is InChI=1S/C9H18N2O2.C5H10O.CH2O.3CH4/c1-5-12-6-2-10(1)9-11-3-7-13-8-4-11;1-2-4-6-5-3-1;1-2;;;/h1-9H2;1-5H2;1H2;3*1H4. The van der Waals surface area contributed by atoms with Crippen molar-refractivity contribution in [3.05, 3.63) is 0 Å². The summed E-state index contributed by atoms with van der Waals surface area (Å²) in [7, 11) is 0. The van der Waals surface area contributed by atoms with Crippen molar-refractivity contribution in [2.75, 3.05) is 72.5 Å². The Morgan fingerprint density at radius 2 is 0.917 bits per heavy atom. The Bertz CT molecular complexity index is 202. The maximum absolute atomic E-state index is 8.00. The molecular formula is C18H42N2O4. The molecule has 3 rings (SSSR count). The van der Waals surface area contributed by atoms with Gasteiger partial charge in [-0.15, -0.1) is 0 Å². The normalized spacial score (nSPS) is 21.2. The van der Waals surface area contributed by atoms with Crippen LogP contribution >= 0.6 is 0 Å². The van der Waals surface area contributed by atoms with Crippen molar-refractivity contribution in [1.29, 1.82) is 0 Å². The molecule has 0 bridgehead atoms. The first-order valence-electron chi connectivity index (χ1n) is 7.92. The van der Waals surface area contributed by atoms with Crippen molar-refractivity contribution >= 4 is 6.79 Å². The summed E-state index contributed by atoms with van der Waals surface area (Å²) in [5.74, 6) is 0. The van der Waals surface area contributed by atoms with E-state index < -0.39 is 0 Å². The molecule has 24 heavy (non-hydrogen) atoms. The highest BCUT2D eigenvalue weighted by atomic mass is 16.5. The highest BCUT2D eigenvalue weighted by molar-refractivity contribution is 5.10. The van der Waals surface area contributed by atoms with Gasteiger partial charge in [0, 0.05) is 39.4 Å². The summed E-state index contributed by atoms with van der Waals surface area (Å²) in [4.78, 5) is 12.9. The van der Waals surface area contributed by atoms with Crippen LogP contribution < -0.4 is 0 Å². The van der Waals surface area contributed by atoms with Gasteiger partial charge in [-0.2, -0.15) is 0 Å². The van der Waals surface area contributed by atoms with Gasteiger partial charge >= 0.3 is 0 Å². The quantitative estimate of drug-likeness (QED) is 0.763. The van der Waals surface area contributed by atoms with Crippen molar-refractivity contribution in [3.63, 3.8) is 0 Å². The lowest BCUT2D eigenvalue weighted by molar-refractivity contribution is -0.0979. The molecule has 0 atom stereocenters. The lowest BCUT2D eigenvalue weighted by atomic mass is 10.2. The van der Waals surface area contributed by atoms with Crippen LogP contribution in [-0.4, -0.2) is 89.1 Å². The molecule has 3 aliphatic rings. The summed E-state index contributed by atoms with van der Waals surface area (Å²) >= 11 is 0. The average Bonchev–Trinajstić information content (AvgIpc) is 2.61. The Morgan fingerprint density at radius 1 is 0.583 bits per heavy atom. The Balaban J connectivity index is -0.000000347. The Hall–Kier alpha value is -0.530. The minimum atomic E-state index is 0. The molecule has 3 fully saturated rings. The van der Waals surface area contributed by atoms with Gasteiger partial charge in [0.2, 0.25) is 0 Å². The van der Waals surface area contributed by atoms with E-state index in [4.69, 9.17) is 19.0 Å². The predicted molar refractivity (Wildman–Crippen MR) is 102 cm³/mol. The van der Waals surface area contributed by atoms with E-state index in [0.29, 0.717) is 0 Å². The largest absolute Gasteiger partial charge is 0.381 e. The number of hydrogen-bond donors (Lipinski definition) is 0. The smallest absolute Gasteiger partial charge is 0.106 e. The van der Waals surface area contributed by atoms with E-state index in [1.165, 1.54) is 19.3 Å². The van der Waals surface area contributed by atoms with Crippen LogP contribution in [0.25, 0.3) is 0 Å². The van der Waals surface area contributed by atoms with Crippen molar-refractivity contribution in [2.24, 2.45) is 0 Å². The molecule has 3 saturated heterocycles. The molecule has 0 spiro atoms. The second-order valence-corrected chi connectivity index (χ2v) is 5.28. The fourth-order valence-electron chi connectivity index (χ4n) is 2.46. The third-order valence-corrected chi connectivity index (χ3v) is 3.68. The van der Waals surface area contributed by atoms with Gasteiger partial charge in [-0.1, -0.05) is 22.3 Å². The van der Waals surface area contributed by atoms with Crippen molar-refractivity contribution in [1.82, 2.24) is 9.80 Å². The minimum Gasteiger partial charge on any atom is -0.381 e. The van der Waals surface area contributed by atoms with E-state index in [1.54, 1.807) is 0 Å². The third-order valence-electron chi connectivity index (χ3n) is 3.68. The summed E-state index contributed by atoms with van der Waals surface area (Å²) < 4.78 is 15.7. The number of hydrogen-bond acceptors (Lipinski definition) is 6. The second kappa shape index (κ2) is 20.5. The van der Waals surface area contributed by atoms with Gasteiger partial charge in [-0.3, -0.25) is 9.80 Å². The van der Waals surface area contributed by atoms with Crippen LogP contribution in [0.2, 0.25) is 0 Å². The van der Waals surface area contributed by atoms with Crippen LogP contribution in [0.4, 0.5) is 0 Å². The molecule has 0 aromatic rings. The van der Waals surface area contributed by atoms with Crippen LogP contribution in [0.15, 0.2) is 0 Å². The van der Waals surface area contributed by atoms with E-state index in [0.717, 1.165) is 72.5 Å². The van der Waals surface area contributed by atoms with E-state index in [9.17, 15) is 0 Å². The van der Waals surface area contributed by atoms with Gasteiger partial charge in [0.05, 0.1) is 33.1 Å². The molecule has 148 valence electrons. The fraction of sp³-hybridized carbons (Fsp3) is 0.944. The monoisotopic (exact) mass is 350 g/mol. The number of rotatable bonds is 2. The number of ether oxygens (including phenoxy) is 3. The molecule has 0 radical (unpaired) electrons. The zero-order chi connectivity index (χ0) is 15.2. The topological polar surface area (TPSA) is 51.2 Å². The third kappa shape index (κ3) is 13.9. The molecule has 0 saturated carbocycles. The SMILES string of the molecule is C.C.C.C1CCOCC1.C1CN(CN2CCOCC2)CCO1.C=O. The van der Waals surface area contributed by atoms with Gasteiger partial charge in [0.1, 0.15) is 6.79 Å². The van der Waals surface area contributed by atoms with Crippen LogP contribution in [-0.2, 0) is 19.0 Å². The number of nitrogens with zero attached hydrogens (tertiary/aromatic N) is 2. The van der Waals surface area contributed by atoms with Crippen LogP contribution in [0, 0.1) is 0 Å². The summed E-state index contributed by atoms with van der Waals surface area (Å²) in [5.41, 5.74) is 0. The van der Waals surface area contributed by atoms with Gasteiger partial charge < -0.3 is 19.0 Å². The number of carbonyl (C=O) groups is 1. The maximum atomic E-state index is 8.00. The Kier molecular flexibility index (Phi) is 24.2. The second-order valence-electron chi connectivity index (χ2n) is 5.28. The molecule has 0 aromatic heterocycles. The Morgan fingerprint density at radius 3 is 1.17 bits per heavy atom. The molecule has 6 nitrogen and oxygen atoms in total. The first-order valence-corrected chi connectivity index (χ1v) is 7.92. The molecular weight excluding hydrogens is 308 g/mol. The molecule has 0 N–H and O–H groups in total. The lowest BCUT2D eigenvalue weighted by Crippen LogP contribution is -2.47. The Labute approximate surface area is 150 Å². The molecule has 0 aliphatic carbocycles. The highest BCUT2D eigenvalue weighted by Gasteiger charge is 2.16. The molecule has 3 heterocycles. The van der Waals surface area contributed by atoms with Gasteiger partial charge in [-0.25, -0.2) is 0 Å². The zero-order valence-corrected chi connectivity index (χ0v) is 13.1. The fourth-order valence-corrected chi connectivity index (χ4v) is 2.46. The van der Waals surface area contributed by atoms with Crippen LogP contribution in [0.5, 0.6) is 0 Å². The maximum Gasteiger partial charge on any atom is 0.106 e. The van der Waals surface area contributed by atoms with E-state index in [1.807, 2.05) is 6.79 Å². The van der Waals surface area contributed by atoms with Crippen LogP contribution in [0.3, 0.4) is 0 Å². The van der Waals surface area contributed by atoms with E-state index in [2.05, 4.69) is 9.80 Å². The lowest BCUT2D eigenvalue weighted by Gasteiger charge is -2.34. The summed E-state index contributed by atoms with van der Waals surface area (Å²) in [6.45, 7) is 13.0. The highest BCUT2D eigenvalue weighted by Crippen LogP contribution is 2.02. The first kappa shape index (κ1) is 28.3. The van der Waals surface area contributed by atoms with Crippen LogP contribution in [0.1, 0.15) is 41.5 Å². The molecule has 0 unspecified atom stereocenters. The molecule has 0 aromatic carbocycles. The predicted octanol–water partition coefficient (Wildman–Crippen LogP) is 2.52. The van der Waals surface area contributed by atoms with Crippen molar-refractivity contribution in [2.45, 2.75) is 41.5 Å².